The lowest BCUT2D eigenvalue weighted by Crippen LogP contribution is -2.05. The standard InChI is InChI=1S/C14H13F3N2O2/c1-20-11-4-9(8-18)5-12(7-11)21-13-6-10(2-3-19-13)14(15,16)17/h2-7H,8,18H2,1H3. The SMILES string of the molecule is COc1cc(CN)cc(Oc2cc(C(F)(F)F)ccn2)c1. The first-order valence-corrected chi connectivity index (χ1v) is 6.01. The van der Waals surface area contributed by atoms with E-state index in [-0.39, 0.29) is 12.4 Å². The molecule has 0 bridgehead atoms. The molecule has 112 valence electrons. The van der Waals surface area contributed by atoms with Crippen molar-refractivity contribution in [2.75, 3.05) is 7.11 Å². The summed E-state index contributed by atoms with van der Waals surface area (Å²) >= 11 is 0. The molecule has 0 amide bonds. The Hall–Kier alpha value is -2.28. The lowest BCUT2D eigenvalue weighted by molar-refractivity contribution is -0.137. The molecule has 7 heteroatoms. The number of benzene rings is 1. The van der Waals surface area contributed by atoms with E-state index in [1.807, 2.05) is 0 Å². The van der Waals surface area contributed by atoms with E-state index < -0.39 is 11.7 Å². The summed E-state index contributed by atoms with van der Waals surface area (Å²) in [5, 5.41) is 0. The molecule has 0 spiro atoms. The first kappa shape index (κ1) is 15.1. The third kappa shape index (κ3) is 3.85. The summed E-state index contributed by atoms with van der Waals surface area (Å²) in [6.07, 6.45) is -3.40. The van der Waals surface area contributed by atoms with Crippen LogP contribution in [0.4, 0.5) is 13.2 Å². The third-order valence-corrected chi connectivity index (χ3v) is 2.70. The molecule has 1 aromatic heterocycles. The van der Waals surface area contributed by atoms with E-state index in [9.17, 15) is 13.2 Å². The fraction of sp³-hybridized carbons (Fsp3) is 0.214. The van der Waals surface area contributed by atoms with Crippen LogP contribution in [-0.4, -0.2) is 12.1 Å². The van der Waals surface area contributed by atoms with Crippen molar-refractivity contribution in [3.05, 3.63) is 47.7 Å². The molecule has 1 heterocycles. The van der Waals surface area contributed by atoms with Gasteiger partial charge in [-0.2, -0.15) is 13.2 Å². The number of ether oxygens (including phenoxy) is 2. The Balaban J connectivity index is 2.30. The van der Waals surface area contributed by atoms with Crippen molar-refractivity contribution in [2.45, 2.75) is 12.7 Å². The van der Waals surface area contributed by atoms with Crippen molar-refractivity contribution in [1.29, 1.82) is 0 Å². The van der Waals surface area contributed by atoms with Gasteiger partial charge >= 0.3 is 6.18 Å². The van der Waals surface area contributed by atoms with Crippen molar-refractivity contribution >= 4 is 0 Å². The molecule has 0 unspecified atom stereocenters. The van der Waals surface area contributed by atoms with E-state index in [0.29, 0.717) is 11.5 Å². The number of nitrogens with zero attached hydrogens (tertiary/aromatic N) is 1. The van der Waals surface area contributed by atoms with Crippen molar-refractivity contribution in [3.8, 4) is 17.4 Å². The van der Waals surface area contributed by atoms with Crippen LogP contribution in [0.15, 0.2) is 36.5 Å². The van der Waals surface area contributed by atoms with Gasteiger partial charge in [-0.05, 0) is 23.8 Å². The predicted molar refractivity (Wildman–Crippen MR) is 70.2 cm³/mol. The molecule has 0 aliphatic carbocycles. The molecule has 2 N–H and O–H groups in total. The fourth-order valence-corrected chi connectivity index (χ4v) is 1.69. The Labute approximate surface area is 119 Å². The highest BCUT2D eigenvalue weighted by atomic mass is 19.4. The molecule has 0 saturated heterocycles. The Bertz CT molecular complexity index is 608. The lowest BCUT2D eigenvalue weighted by Gasteiger charge is -2.11. The number of hydrogen-bond donors (Lipinski definition) is 1. The lowest BCUT2D eigenvalue weighted by atomic mass is 10.2. The first-order valence-electron chi connectivity index (χ1n) is 6.01. The number of pyridine rings is 1. The highest BCUT2D eigenvalue weighted by Gasteiger charge is 2.31. The maximum Gasteiger partial charge on any atom is 0.416 e. The second kappa shape index (κ2) is 6.01. The number of halogens is 3. The van der Waals surface area contributed by atoms with Gasteiger partial charge in [0.05, 0.1) is 12.7 Å². The van der Waals surface area contributed by atoms with Gasteiger partial charge in [0.15, 0.2) is 0 Å². The van der Waals surface area contributed by atoms with E-state index in [2.05, 4.69) is 4.98 Å². The normalized spacial score (nSPS) is 11.3. The van der Waals surface area contributed by atoms with Crippen molar-refractivity contribution < 1.29 is 22.6 Å². The Morgan fingerprint density at radius 2 is 1.86 bits per heavy atom. The molecule has 0 fully saturated rings. The highest BCUT2D eigenvalue weighted by molar-refractivity contribution is 5.40. The molecule has 0 saturated carbocycles. The zero-order valence-corrected chi connectivity index (χ0v) is 11.1. The van der Waals surface area contributed by atoms with Gasteiger partial charge in [-0.1, -0.05) is 0 Å². The van der Waals surface area contributed by atoms with Crippen LogP contribution >= 0.6 is 0 Å². The van der Waals surface area contributed by atoms with Gasteiger partial charge in [0.1, 0.15) is 11.5 Å². The van der Waals surface area contributed by atoms with Gasteiger partial charge in [0.2, 0.25) is 5.88 Å². The fourth-order valence-electron chi connectivity index (χ4n) is 1.69. The summed E-state index contributed by atoms with van der Waals surface area (Å²) in [6, 6.07) is 6.59. The predicted octanol–water partition coefficient (Wildman–Crippen LogP) is 3.36. The van der Waals surface area contributed by atoms with Crippen molar-refractivity contribution in [3.63, 3.8) is 0 Å². The van der Waals surface area contributed by atoms with Crippen LogP contribution in [0.5, 0.6) is 17.4 Å². The molecular formula is C14H13F3N2O2. The first-order chi connectivity index (χ1) is 9.92. The monoisotopic (exact) mass is 298 g/mol. The smallest absolute Gasteiger partial charge is 0.416 e. The van der Waals surface area contributed by atoms with Crippen LogP contribution in [0.25, 0.3) is 0 Å². The summed E-state index contributed by atoms with van der Waals surface area (Å²) in [6.45, 7) is 0.254. The Morgan fingerprint density at radius 3 is 2.48 bits per heavy atom. The summed E-state index contributed by atoms with van der Waals surface area (Å²) in [5.41, 5.74) is 5.45. The minimum atomic E-state index is -4.45. The molecule has 2 aromatic rings. The maximum absolute atomic E-state index is 12.6. The molecule has 1 aromatic carbocycles. The third-order valence-electron chi connectivity index (χ3n) is 2.70. The van der Waals surface area contributed by atoms with Crippen LogP contribution in [0, 0.1) is 0 Å². The summed E-state index contributed by atoms with van der Waals surface area (Å²) in [4.78, 5) is 3.76. The highest BCUT2D eigenvalue weighted by Crippen LogP contribution is 2.32. The van der Waals surface area contributed by atoms with Crippen molar-refractivity contribution in [1.82, 2.24) is 4.98 Å². The summed E-state index contributed by atoms with van der Waals surface area (Å²) in [7, 11) is 1.47. The maximum atomic E-state index is 12.6. The average Bonchev–Trinajstić information content (AvgIpc) is 2.46. The summed E-state index contributed by atoms with van der Waals surface area (Å²) < 4.78 is 48.3. The molecule has 21 heavy (non-hydrogen) atoms. The van der Waals surface area contributed by atoms with Crippen LogP contribution < -0.4 is 15.2 Å². The number of hydrogen-bond acceptors (Lipinski definition) is 4. The molecule has 0 radical (unpaired) electrons. The molecule has 0 atom stereocenters. The van der Waals surface area contributed by atoms with E-state index in [0.717, 1.165) is 23.9 Å². The average molecular weight is 298 g/mol. The van der Waals surface area contributed by atoms with Gasteiger partial charge in [-0.15, -0.1) is 0 Å². The number of alkyl halides is 3. The second-order valence-corrected chi connectivity index (χ2v) is 4.20. The minimum Gasteiger partial charge on any atom is -0.497 e. The summed E-state index contributed by atoms with van der Waals surface area (Å²) in [5.74, 6) is 0.655. The van der Waals surface area contributed by atoms with Crippen molar-refractivity contribution in [2.24, 2.45) is 5.73 Å². The molecule has 2 rings (SSSR count). The quantitative estimate of drug-likeness (QED) is 0.940. The topological polar surface area (TPSA) is 57.4 Å². The second-order valence-electron chi connectivity index (χ2n) is 4.20. The zero-order valence-electron chi connectivity index (χ0n) is 11.1. The number of methoxy groups -OCH3 is 1. The van der Waals surface area contributed by atoms with Crippen LogP contribution in [0.3, 0.4) is 0 Å². The van der Waals surface area contributed by atoms with E-state index in [4.69, 9.17) is 15.2 Å². The Kier molecular flexibility index (Phi) is 4.32. The van der Waals surface area contributed by atoms with Gasteiger partial charge in [0.25, 0.3) is 0 Å². The van der Waals surface area contributed by atoms with Crippen LogP contribution in [-0.2, 0) is 12.7 Å². The number of nitrogens with two attached hydrogens (primary N) is 1. The molecule has 4 nitrogen and oxygen atoms in total. The van der Waals surface area contributed by atoms with E-state index in [1.54, 1.807) is 18.2 Å². The van der Waals surface area contributed by atoms with Gasteiger partial charge in [-0.25, -0.2) is 4.98 Å². The largest absolute Gasteiger partial charge is 0.497 e. The van der Waals surface area contributed by atoms with Gasteiger partial charge < -0.3 is 15.2 Å². The number of aromatic nitrogens is 1. The Morgan fingerprint density at radius 1 is 1.14 bits per heavy atom. The van der Waals surface area contributed by atoms with E-state index in [1.165, 1.54) is 7.11 Å². The zero-order chi connectivity index (χ0) is 15.5. The minimum absolute atomic E-state index is 0.152. The van der Waals surface area contributed by atoms with Crippen LogP contribution in [0.2, 0.25) is 0 Å². The van der Waals surface area contributed by atoms with Gasteiger partial charge in [-0.3, -0.25) is 0 Å². The molecule has 0 aliphatic rings. The molecule has 0 aliphatic heterocycles. The molecular weight excluding hydrogens is 285 g/mol. The van der Waals surface area contributed by atoms with Crippen LogP contribution in [0.1, 0.15) is 11.1 Å². The number of rotatable bonds is 4. The van der Waals surface area contributed by atoms with Gasteiger partial charge in [0, 0.05) is 24.9 Å². The van der Waals surface area contributed by atoms with E-state index >= 15 is 0 Å².